The van der Waals surface area contributed by atoms with Gasteiger partial charge in [-0.1, -0.05) is 38.5 Å². The maximum Gasteiger partial charge on any atom is 0.311 e. The second kappa shape index (κ2) is 6.12. The van der Waals surface area contributed by atoms with Crippen molar-refractivity contribution < 1.29 is 14.7 Å². The molecule has 0 bridgehead atoms. The van der Waals surface area contributed by atoms with Gasteiger partial charge in [0.15, 0.2) is 0 Å². The zero-order valence-corrected chi connectivity index (χ0v) is 12.1. The van der Waals surface area contributed by atoms with Crippen LogP contribution in [0.4, 0.5) is 0 Å². The van der Waals surface area contributed by atoms with Gasteiger partial charge >= 0.3 is 5.97 Å². The van der Waals surface area contributed by atoms with Crippen LogP contribution >= 0.6 is 0 Å². The Morgan fingerprint density at radius 2 is 1.45 bits per heavy atom. The van der Waals surface area contributed by atoms with E-state index in [2.05, 4.69) is 5.32 Å². The zero-order chi connectivity index (χ0) is 14.6. The zero-order valence-electron chi connectivity index (χ0n) is 12.1. The summed E-state index contributed by atoms with van der Waals surface area (Å²) < 4.78 is 0. The SMILES string of the molecule is NC1(C(=O)NCC2(C(=O)O)CCCCCC2)CCCC1. The van der Waals surface area contributed by atoms with E-state index in [9.17, 15) is 14.7 Å². The van der Waals surface area contributed by atoms with Crippen LogP contribution in [0.5, 0.6) is 0 Å². The van der Waals surface area contributed by atoms with Gasteiger partial charge in [0.25, 0.3) is 0 Å². The van der Waals surface area contributed by atoms with Gasteiger partial charge in [-0.3, -0.25) is 9.59 Å². The van der Waals surface area contributed by atoms with E-state index in [4.69, 9.17) is 5.73 Å². The Labute approximate surface area is 120 Å². The summed E-state index contributed by atoms with van der Waals surface area (Å²) in [7, 11) is 0. The number of carboxylic acid groups (broad SMARTS) is 1. The molecule has 0 atom stereocenters. The molecular weight excluding hydrogens is 256 g/mol. The van der Waals surface area contributed by atoms with E-state index in [0.29, 0.717) is 25.7 Å². The minimum atomic E-state index is -0.791. The van der Waals surface area contributed by atoms with Gasteiger partial charge in [-0.2, -0.15) is 0 Å². The molecule has 0 radical (unpaired) electrons. The molecule has 1 amide bonds. The van der Waals surface area contributed by atoms with Crippen LogP contribution in [0.15, 0.2) is 0 Å². The molecule has 0 aromatic rings. The van der Waals surface area contributed by atoms with Gasteiger partial charge in [-0.25, -0.2) is 0 Å². The number of hydrogen-bond donors (Lipinski definition) is 3. The highest BCUT2D eigenvalue weighted by Crippen LogP contribution is 2.35. The van der Waals surface area contributed by atoms with Gasteiger partial charge in [0, 0.05) is 6.54 Å². The van der Waals surface area contributed by atoms with E-state index in [1.807, 2.05) is 0 Å². The van der Waals surface area contributed by atoms with Gasteiger partial charge in [-0.15, -0.1) is 0 Å². The minimum Gasteiger partial charge on any atom is -0.481 e. The number of hydrogen-bond acceptors (Lipinski definition) is 3. The maximum absolute atomic E-state index is 12.2. The summed E-state index contributed by atoms with van der Waals surface area (Å²) in [5, 5.41) is 12.4. The highest BCUT2D eigenvalue weighted by molar-refractivity contribution is 5.87. The smallest absolute Gasteiger partial charge is 0.311 e. The lowest BCUT2D eigenvalue weighted by Gasteiger charge is -2.30. The van der Waals surface area contributed by atoms with Crippen molar-refractivity contribution in [3.8, 4) is 0 Å². The predicted molar refractivity (Wildman–Crippen MR) is 76.2 cm³/mol. The summed E-state index contributed by atoms with van der Waals surface area (Å²) in [5.74, 6) is -0.947. The van der Waals surface area contributed by atoms with Gasteiger partial charge < -0.3 is 16.2 Å². The summed E-state index contributed by atoms with van der Waals surface area (Å²) in [6, 6.07) is 0. The first-order valence-corrected chi connectivity index (χ1v) is 7.79. The second-order valence-electron chi connectivity index (χ2n) is 6.55. The molecule has 2 aliphatic carbocycles. The number of carboxylic acids is 1. The molecule has 5 nitrogen and oxygen atoms in total. The van der Waals surface area contributed by atoms with E-state index in [-0.39, 0.29) is 12.5 Å². The first-order chi connectivity index (χ1) is 9.49. The Balaban J connectivity index is 1.98. The molecule has 2 fully saturated rings. The fraction of sp³-hybridized carbons (Fsp3) is 0.867. The Morgan fingerprint density at radius 1 is 0.950 bits per heavy atom. The molecule has 114 valence electrons. The van der Waals surface area contributed by atoms with Gasteiger partial charge in [0.1, 0.15) is 0 Å². The molecule has 0 spiro atoms. The van der Waals surface area contributed by atoms with E-state index in [0.717, 1.165) is 38.5 Å². The van der Waals surface area contributed by atoms with Crippen molar-refractivity contribution in [2.24, 2.45) is 11.1 Å². The Kier molecular flexibility index (Phi) is 4.68. The van der Waals surface area contributed by atoms with E-state index < -0.39 is 16.9 Å². The number of nitrogens with two attached hydrogens (primary N) is 1. The van der Waals surface area contributed by atoms with E-state index >= 15 is 0 Å². The van der Waals surface area contributed by atoms with Crippen molar-refractivity contribution in [1.82, 2.24) is 5.32 Å². The van der Waals surface area contributed by atoms with Crippen LogP contribution in [-0.2, 0) is 9.59 Å². The number of carbonyl (C=O) groups is 2. The normalized spacial score (nSPS) is 24.9. The number of nitrogens with one attached hydrogen (secondary N) is 1. The fourth-order valence-electron chi connectivity index (χ4n) is 3.53. The largest absolute Gasteiger partial charge is 0.481 e. The average Bonchev–Trinajstić information content (AvgIpc) is 2.73. The third-order valence-corrected chi connectivity index (χ3v) is 5.05. The summed E-state index contributed by atoms with van der Waals surface area (Å²) in [6.07, 6.45) is 8.71. The first kappa shape index (κ1) is 15.3. The van der Waals surface area contributed by atoms with Crippen LogP contribution in [0.25, 0.3) is 0 Å². The van der Waals surface area contributed by atoms with Crippen molar-refractivity contribution in [3.63, 3.8) is 0 Å². The minimum absolute atomic E-state index is 0.167. The van der Waals surface area contributed by atoms with Crippen molar-refractivity contribution in [3.05, 3.63) is 0 Å². The Bertz CT molecular complexity index is 367. The molecule has 0 aromatic heterocycles. The summed E-state index contributed by atoms with van der Waals surface area (Å²) in [4.78, 5) is 23.9. The highest BCUT2D eigenvalue weighted by Gasteiger charge is 2.42. The third kappa shape index (κ3) is 3.14. The quantitative estimate of drug-likeness (QED) is 0.685. The summed E-state index contributed by atoms with van der Waals surface area (Å²) in [5.41, 5.74) is 4.54. The lowest BCUT2D eigenvalue weighted by molar-refractivity contribution is -0.150. The molecule has 0 aromatic carbocycles. The van der Waals surface area contributed by atoms with Crippen molar-refractivity contribution in [1.29, 1.82) is 0 Å². The number of carbonyl (C=O) groups excluding carboxylic acids is 1. The van der Waals surface area contributed by atoms with E-state index in [1.165, 1.54) is 0 Å². The van der Waals surface area contributed by atoms with Crippen LogP contribution < -0.4 is 11.1 Å². The lowest BCUT2D eigenvalue weighted by atomic mass is 9.80. The molecule has 2 saturated carbocycles. The summed E-state index contributed by atoms with van der Waals surface area (Å²) in [6.45, 7) is 0.222. The van der Waals surface area contributed by atoms with Crippen LogP contribution in [-0.4, -0.2) is 29.1 Å². The average molecular weight is 282 g/mol. The van der Waals surface area contributed by atoms with E-state index in [1.54, 1.807) is 0 Å². The fourth-order valence-corrected chi connectivity index (χ4v) is 3.53. The highest BCUT2D eigenvalue weighted by atomic mass is 16.4. The van der Waals surface area contributed by atoms with Crippen LogP contribution in [0.1, 0.15) is 64.2 Å². The molecule has 0 heterocycles. The molecule has 20 heavy (non-hydrogen) atoms. The molecular formula is C15H26N2O3. The van der Waals surface area contributed by atoms with Crippen molar-refractivity contribution in [2.45, 2.75) is 69.7 Å². The standard InChI is InChI=1S/C15H26N2O3/c16-15(9-5-6-10-15)12(18)17-11-14(13(19)20)7-3-1-2-4-8-14/h1-11,16H2,(H,17,18)(H,19,20). The summed E-state index contributed by atoms with van der Waals surface area (Å²) >= 11 is 0. The topological polar surface area (TPSA) is 92.4 Å². The first-order valence-electron chi connectivity index (χ1n) is 7.79. The molecule has 2 aliphatic rings. The predicted octanol–water partition coefficient (Wildman–Crippen LogP) is 1.80. The Hall–Kier alpha value is -1.10. The molecule has 2 rings (SSSR count). The number of rotatable bonds is 4. The maximum atomic E-state index is 12.2. The number of aliphatic carboxylic acids is 1. The molecule has 0 aliphatic heterocycles. The van der Waals surface area contributed by atoms with Gasteiger partial charge in [0.2, 0.25) is 5.91 Å². The molecule has 0 saturated heterocycles. The molecule has 4 N–H and O–H groups in total. The molecule has 5 heteroatoms. The van der Waals surface area contributed by atoms with Crippen molar-refractivity contribution >= 4 is 11.9 Å². The van der Waals surface area contributed by atoms with Crippen molar-refractivity contribution in [2.75, 3.05) is 6.54 Å². The van der Waals surface area contributed by atoms with Gasteiger partial charge in [0.05, 0.1) is 11.0 Å². The monoisotopic (exact) mass is 282 g/mol. The second-order valence-corrected chi connectivity index (χ2v) is 6.55. The third-order valence-electron chi connectivity index (χ3n) is 5.05. The number of amides is 1. The van der Waals surface area contributed by atoms with Crippen LogP contribution in [0, 0.1) is 5.41 Å². The lowest BCUT2D eigenvalue weighted by Crippen LogP contribution is -2.54. The van der Waals surface area contributed by atoms with Crippen LogP contribution in [0.2, 0.25) is 0 Å². The molecule has 0 unspecified atom stereocenters. The Morgan fingerprint density at radius 3 is 1.95 bits per heavy atom. The van der Waals surface area contributed by atoms with Gasteiger partial charge in [-0.05, 0) is 25.7 Å². The van der Waals surface area contributed by atoms with Crippen LogP contribution in [0.3, 0.4) is 0 Å².